The quantitative estimate of drug-likeness (QED) is 0.390. The van der Waals surface area contributed by atoms with Crippen molar-refractivity contribution in [2.75, 3.05) is 11.9 Å². The van der Waals surface area contributed by atoms with Crippen LogP contribution in [0.1, 0.15) is 19.4 Å². The third kappa shape index (κ3) is 5.66. The second kappa shape index (κ2) is 10.5. The van der Waals surface area contributed by atoms with Crippen molar-refractivity contribution in [3.63, 3.8) is 0 Å². The van der Waals surface area contributed by atoms with E-state index in [0.29, 0.717) is 29.2 Å². The summed E-state index contributed by atoms with van der Waals surface area (Å²) in [6.45, 7) is 4.20. The van der Waals surface area contributed by atoms with Crippen LogP contribution in [0.25, 0.3) is 5.52 Å². The van der Waals surface area contributed by atoms with Crippen molar-refractivity contribution in [1.29, 1.82) is 0 Å². The summed E-state index contributed by atoms with van der Waals surface area (Å²) in [6, 6.07) is 12.2. The third-order valence-electron chi connectivity index (χ3n) is 3.84. The number of benzene rings is 1. The molecule has 0 unspecified atom stereocenters. The van der Waals surface area contributed by atoms with Gasteiger partial charge in [0.15, 0.2) is 0 Å². The topological polar surface area (TPSA) is 47.8 Å². The van der Waals surface area contributed by atoms with E-state index in [0.717, 1.165) is 10.9 Å². The smallest absolute Gasteiger partial charge is 0.208 e. The number of aromatic nitrogens is 1. The van der Waals surface area contributed by atoms with Crippen LogP contribution >= 0.6 is 39.1 Å². The number of sulfone groups is 1. The predicted molar refractivity (Wildman–Crippen MR) is 119 cm³/mol. The fourth-order valence-electron chi connectivity index (χ4n) is 2.70. The average molecular weight is 507 g/mol. The van der Waals surface area contributed by atoms with Crippen LogP contribution in [0.3, 0.4) is 0 Å². The number of pyridine rings is 1. The Morgan fingerprint density at radius 2 is 1.79 bits per heavy atom. The van der Waals surface area contributed by atoms with Gasteiger partial charge in [0.05, 0.1) is 17.0 Å². The molecule has 3 aromatic rings. The number of halogens is 3. The van der Waals surface area contributed by atoms with Gasteiger partial charge in [-0.3, -0.25) is 0 Å². The SMILES string of the molecule is CC(Cl)Cl.CCc1cn2ccccc2c1S(=O)(=O)c1ccc(OCCBr)cc1. The molecule has 3 rings (SSSR count). The van der Waals surface area contributed by atoms with E-state index < -0.39 is 9.84 Å². The molecule has 2 heterocycles. The molecule has 0 saturated heterocycles. The van der Waals surface area contributed by atoms with Gasteiger partial charge in [0.1, 0.15) is 15.5 Å². The number of nitrogens with zero attached hydrogens (tertiary/aromatic N) is 1. The lowest BCUT2D eigenvalue weighted by Gasteiger charge is -2.08. The second-order valence-corrected chi connectivity index (χ2v) is 10.1. The lowest BCUT2D eigenvalue weighted by atomic mass is 10.2. The van der Waals surface area contributed by atoms with Crippen molar-refractivity contribution in [2.24, 2.45) is 0 Å². The molecule has 152 valence electrons. The van der Waals surface area contributed by atoms with E-state index in [-0.39, 0.29) is 9.73 Å². The standard InChI is InChI=1S/C18H18BrNO3S.C2H4Cl2/c1-2-14-13-20-11-4-3-5-17(20)18(14)24(21,22)16-8-6-15(7-9-16)23-12-10-19;1-2(3)4/h3-9,11,13H,2,10,12H2,1H3;2H,1H3. The molecule has 0 aliphatic rings. The molecule has 0 N–H and O–H groups in total. The molecule has 0 amide bonds. The lowest BCUT2D eigenvalue weighted by Crippen LogP contribution is -2.04. The van der Waals surface area contributed by atoms with Crippen LogP contribution in [0.4, 0.5) is 0 Å². The molecular weight excluding hydrogens is 485 g/mol. The van der Waals surface area contributed by atoms with E-state index in [2.05, 4.69) is 15.9 Å². The van der Waals surface area contributed by atoms with Crippen molar-refractivity contribution in [3.05, 3.63) is 60.4 Å². The van der Waals surface area contributed by atoms with Gasteiger partial charge in [-0.2, -0.15) is 0 Å². The number of fused-ring (bicyclic) bond motifs is 1. The summed E-state index contributed by atoms with van der Waals surface area (Å²) in [7, 11) is -3.59. The molecule has 4 nitrogen and oxygen atoms in total. The highest BCUT2D eigenvalue weighted by atomic mass is 79.9. The summed E-state index contributed by atoms with van der Waals surface area (Å²) in [5, 5.41) is 0.726. The van der Waals surface area contributed by atoms with Gasteiger partial charge in [0, 0.05) is 17.7 Å². The molecule has 0 aliphatic carbocycles. The Kier molecular flexibility index (Phi) is 8.68. The highest BCUT2D eigenvalue weighted by Crippen LogP contribution is 2.31. The molecule has 8 heteroatoms. The second-order valence-electron chi connectivity index (χ2n) is 5.86. The van der Waals surface area contributed by atoms with Crippen LogP contribution in [0.15, 0.2) is 64.6 Å². The summed E-state index contributed by atoms with van der Waals surface area (Å²) in [5.74, 6) is 0.658. The first-order chi connectivity index (χ1) is 13.3. The van der Waals surface area contributed by atoms with Crippen molar-refractivity contribution in [3.8, 4) is 5.75 Å². The Balaban J connectivity index is 0.000000640. The lowest BCUT2D eigenvalue weighted by molar-refractivity contribution is 0.345. The minimum atomic E-state index is -3.59. The normalized spacial score (nSPS) is 11.4. The van der Waals surface area contributed by atoms with Crippen molar-refractivity contribution >= 4 is 54.5 Å². The van der Waals surface area contributed by atoms with E-state index >= 15 is 0 Å². The summed E-state index contributed by atoms with van der Waals surface area (Å²) >= 11 is 13.4. The highest BCUT2D eigenvalue weighted by molar-refractivity contribution is 9.09. The fourth-order valence-corrected chi connectivity index (χ4v) is 4.59. The third-order valence-corrected chi connectivity index (χ3v) is 6.06. The van der Waals surface area contributed by atoms with Gasteiger partial charge in [-0.1, -0.05) is 28.9 Å². The summed E-state index contributed by atoms with van der Waals surface area (Å²) in [6.07, 6.45) is 4.41. The van der Waals surface area contributed by atoms with E-state index in [9.17, 15) is 8.42 Å². The molecule has 0 atom stereocenters. The Morgan fingerprint density at radius 3 is 2.36 bits per heavy atom. The average Bonchev–Trinajstić information content (AvgIpc) is 3.05. The molecule has 0 radical (unpaired) electrons. The van der Waals surface area contributed by atoms with Gasteiger partial charge < -0.3 is 9.14 Å². The van der Waals surface area contributed by atoms with E-state index in [1.54, 1.807) is 31.2 Å². The molecule has 28 heavy (non-hydrogen) atoms. The van der Waals surface area contributed by atoms with E-state index in [1.165, 1.54) is 0 Å². The monoisotopic (exact) mass is 505 g/mol. The molecule has 0 spiro atoms. The number of ether oxygens (including phenoxy) is 1. The van der Waals surface area contributed by atoms with Crippen molar-refractivity contribution in [2.45, 2.75) is 34.9 Å². The maximum Gasteiger partial charge on any atom is 0.208 e. The van der Waals surface area contributed by atoms with Crippen LogP contribution in [0.2, 0.25) is 0 Å². The van der Waals surface area contributed by atoms with Gasteiger partial charge >= 0.3 is 0 Å². The highest BCUT2D eigenvalue weighted by Gasteiger charge is 2.25. The van der Waals surface area contributed by atoms with Crippen LogP contribution in [0.5, 0.6) is 5.75 Å². The Bertz CT molecular complexity index is 999. The first-order valence-electron chi connectivity index (χ1n) is 8.71. The molecule has 0 fully saturated rings. The first kappa shape index (κ1) is 23.1. The van der Waals surface area contributed by atoms with Crippen LogP contribution in [-0.4, -0.2) is 29.6 Å². The minimum absolute atomic E-state index is 0.222. The summed E-state index contributed by atoms with van der Waals surface area (Å²) < 4.78 is 33.6. The van der Waals surface area contributed by atoms with Gasteiger partial charge in [0.25, 0.3) is 0 Å². The Morgan fingerprint density at radius 1 is 1.14 bits per heavy atom. The minimum Gasteiger partial charge on any atom is -0.493 e. The van der Waals surface area contributed by atoms with Gasteiger partial charge in [-0.15, -0.1) is 23.2 Å². The summed E-state index contributed by atoms with van der Waals surface area (Å²) in [5.41, 5.74) is 1.52. The maximum atomic E-state index is 13.2. The number of rotatable bonds is 6. The van der Waals surface area contributed by atoms with E-state index in [4.69, 9.17) is 27.9 Å². The van der Waals surface area contributed by atoms with Gasteiger partial charge in [0.2, 0.25) is 9.84 Å². The van der Waals surface area contributed by atoms with E-state index in [1.807, 2.05) is 41.9 Å². The van der Waals surface area contributed by atoms with Gasteiger partial charge in [-0.05, 0) is 55.3 Å². The summed E-state index contributed by atoms with van der Waals surface area (Å²) in [4.78, 5) is 0.445. The molecule has 0 bridgehead atoms. The number of hydrogen-bond donors (Lipinski definition) is 0. The van der Waals surface area contributed by atoms with Crippen molar-refractivity contribution in [1.82, 2.24) is 4.40 Å². The molecule has 0 aliphatic heterocycles. The first-order valence-corrected chi connectivity index (χ1v) is 12.2. The van der Waals surface area contributed by atoms with Gasteiger partial charge in [-0.25, -0.2) is 8.42 Å². The zero-order valence-corrected chi connectivity index (χ0v) is 19.5. The predicted octanol–water partition coefficient (Wildman–Crippen LogP) is 5.92. The number of alkyl halides is 3. The Labute approximate surface area is 184 Å². The van der Waals surface area contributed by atoms with Crippen LogP contribution in [-0.2, 0) is 16.3 Å². The maximum absolute atomic E-state index is 13.2. The molecule has 2 aromatic heterocycles. The van der Waals surface area contributed by atoms with Crippen molar-refractivity contribution < 1.29 is 13.2 Å². The molecular formula is C20H22BrCl2NO3S. The fraction of sp³-hybridized carbons (Fsp3) is 0.300. The zero-order valence-electron chi connectivity index (χ0n) is 15.6. The zero-order chi connectivity index (χ0) is 20.7. The largest absolute Gasteiger partial charge is 0.493 e. The number of aryl methyl sites for hydroxylation is 1. The molecule has 0 saturated carbocycles. The van der Waals surface area contributed by atoms with Crippen LogP contribution in [0, 0.1) is 0 Å². The molecule has 1 aromatic carbocycles. The number of hydrogen-bond acceptors (Lipinski definition) is 3. The van der Waals surface area contributed by atoms with Crippen LogP contribution < -0.4 is 4.74 Å². The Hall–Kier alpha value is -1.21.